The second-order valence-electron chi connectivity index (χ2n) is 3.07. The fraction of sp³-hybridized carbons (Fsp3) is 0.300. The van der Waals surface area contributed by atoms with Crippen LogP contribution in [0.15, 0.2) is 24.3 Å². The fourth-order valence-electron chi connectivity index (χ4n) is 1.23. The molecule has 0 heterocycles. The number of nitrogens with two attached hydrogens (primary N) is 1. The third-order valence-corrected chi connectivity index (χ3v) is 2.20. The highest BCUT2D eigenvalue weighted by Gasteiger charge is 2.18. The van der Waals surface area contributed by atoms with Crippen molar-refractivity contribution in [1.82, 2.24) is 5.32 Å². The van der Waals surface area contributed by atoms with Crippen LogP contribution in [0.25, 0.3) is 0 Å². The minimum absolute atomic E-state index is 0.400. The quantitative estimate of drug-likeness (QED) is 0.703. The van der Waals surface area contributed by atoms with Crippen molar-refractivity contribution in [3.8, 4) is 0 Å². The van der Waals surface area contributed by atoms with E-state index in [1.54, 1.807) is 24.3 Å². The van der Waals surface area contributed by atoms with Gasteiger partial charge in [-0.15, -0.1) is 0 Å². The monoisotopic (exact) mass is 228 g/mol. The van der Waals surface area contributed by atoms with Crippen LogP contribution in [0.1, 0.15) is 11.6 Å². The molecule has 0 bridgehead atoms. The Balaban J connectivity index is 2.79. The Bertz CT molecular complexity index is 327. The average molecular weight is 229 g/mol. The molecule has 0 saturated heterocycles. The van der Waals surface area contributed by atoms with Crippen LogP contribution in [0, 0.1) is 0 Å². The molecule has 5 heteroatoms. The second-order valence-corrected chi connectivity index (χ2v) is 3.50. The molecule has 0 radical (unpaired) electrons. The number of carbonyl (C=O) groups is 1. The molecule has 0 fully saturated rings. The molecular weight excluding hydrogens is 216 g/mol. The normalized spacial score (nSPS) is 12.4. The molecule has 1 atom stereocenters. The molecule has 0 spiro atoms. The summed E-state index contributed by atoms with van der Waals surface area (Å²) in [5.74, 6) is -0.925. The first-order valence-electron chi connectivity index (χ1n) is 4.57. The van der Waals surface area contributed by atoms with Crippen LogP contribution in [0.3, 0.4) is 0 Å². The predicted octanol–water partition coefficient (Wildman–Crippen LogP) is 1.01. The lowest BCUT2D eigenvalue weighted by Gasteiger charge is -2.13. The van der Waals surface area contributed by atoms with Crippen molar-refractivity contribution < 1.29 is 9.90 Å². The Hall–Kier alpha value is -1.10. The number of hydrogen-bond donors (Lipinski definition) is 3. The topological polar surface area (TPSA) is 75.3 Å². The van der Waals surface area contributed by atoms with Gasteiger partial charge in [0, 0.05) is 18.1 Å². The van der Waals surface area contributed by atoms with E-state index < -0.39 is 12.0 Å². The summed E-state index contributed by atoms with van der Waals surface area (Å²) in [6.45, 7) is 0.858. The highest BCUT2D eigenvalue weighted by atomic mass is 35.5. The van der Waals surface area contributed by atoms with Crippen molar-refractivity contribution in [1.29, 1.82) is 0 Å². The van der Waals surface area contributed by atoms with Gasteiger partial charge in [0.15, 0.2) is 0 Å². The maximum Gasteiger partial charge on any atom is 0.325 e. The van der Waals surface area contributed by atoms with Crippen LogP contribution in [-0.4, -0.2) is 24.2 Å². The largest absolute Gasteiger partial charge is 0.480 e. The first-order chi connectivity index (χ1) is 7.15. The number of benzene rings is 1. The van der Waals surface area contributed by atoms with E-state index in [9.17, 15) is 4.79 Å². The lowest BCUT2D eigenvalue weighted by molar-refractivity contribution is -0.139. The smallest absolute Gasteiger partial charge is 0.325 e. The van der Waals surface area contributed by atoms with E-state index >= 15 is 0 Å². The molecule has 0 aliphatic heterocycles. The van der Waals surface area contributed by atoms with Gasteiger partial charge in [0.2, 0.25) is 0 Å². The molecular formula is C10H13ClN2O2. The zero-order chi connectivity index (χ0) is 11.3. The van der Waals surface area contributed by atoms with Crippen molar-refractivity contribution in [2.24, 2.45) is 5.73 Å². The zero-order valence-electron chi connectivity index (χ0n) is 8.11. The number of carboxylic acid groups (broad SMARTS) is 1. The van der Waals surface area contributed by atoms with Crippen LogP contribution in [0.5, 0.6) is 0 Å². The summed E-state index contributed by atoms with van der Waals surface area (Å²) in [4.78, 5) is 11.0. The Morgan fingerprint density at radius 1 is 1.47 bits per heavy atom. The Morgan fingerprint density at radius 2 is 2.07 bits per heavy atom. The molecule has 0 aliphatic carbocycles. The summed E-state index contributed by atoms with van der Waals surface area (Å²) in [5, 5.41) is 12.4. The van der Waals surface area contributed by atoms with Gasteiger partial charge in [-0.05, 0) is 17.7 Å². The molecule has 0 saturated carbocycles. The van der Waals surface area contributed by atoms with Crippen LogP contribution < -0.4 is 11.1 Å². The van der Waals surface area contributed by atoms with Gasteiger partial charge in [-0.2, -0.15) is 0 Å². The van der Waals surface area contributed by atoms with E-state index in [0.717, 1.165) is 0 Å². The van der Waals surface area contributed by atoms with Gasteiger partial charge in [0.1, 0.15) is 6.04 Å². The van der Waals surface area contributed by atoms with E-state index in [2.05, 4.69) is 5.32 Å². The van der Waals surface area contributed by atoms with E-state index in [4.69, 9.17) is 22.4 Å². The van der Waals surface area contributed by atoms with Crippen molar-refractivity contribution in [2.45, 2.75) is 6.04 Å². The highest BCUT2D eigenvalue weighted by Crippen LogP contribution is 2.16. The molecule has 0 aromatic heterocycles. The molecule has 1 unspecified atom stereocenters. The van der Waals surface area contributed by atoms with E-state index in [1.165, 1.54) is 0 Å². The number of nitrogens with one attached hydrogen (secondary N) is 1. The minimum Gasteiger partial charge on any atom is -0.480 e. The average Bonchev–Trinajstić information content (AvgIpc) is 2.21. The maximum absolute atomic E-state index is 11.0. The second kappa shape index (κ2) is 5.70. The van der Waals surface area contributed by atoms with Crippen LogP contribution in [0.4, 0.5) is 0 Å². The number of aliphatic carboxylic acids is 1. The van der Waals surface area contributed by atoms with Gasteiger partial charge in [0.05, 0.1) is 0 Å². The molecule has 4 nitrogen and oxygen atoms in total. The summed E-state index contributed by atoms with van der Waals surface area (Å²) >= 11 is 5.71. The number of rotatable bonds is 5. The van der Waals surface area contributed by atoms with Crippen LogP contribution >= 0.6 is 11.6 Å². The number of carboxylic acids is 1. The first-order valence-corrected chi connectivity index (χ1v) is 4.94. The Labute approximate surface area is 93.0 Å². The van der Waals surface area contributed by atoms with Crippen LogP contribution in [0.2, 0.25) is 5.02 Å². The van der Waals surface area contributed by atoms with Crippen molar-refractivity contribution in [2.75, 3.05) is 13.1 Å². The van der Waals surface area contributed by atoms with E-state index in [0.29, 0.717) is 23.7 Å². The molecule has 1 aromatic carbocycles. The lowest BCUT2D eigenvalue weighted by Crippen LogP contribution is -2.32. The fourth-order valence-corrected chi connectivity index (χ4v) is 1.36. The molecule has 1 rings (SSSR count). The van der Waals surface area contributed by atoms with Gasteiger partial charge in [-0.3, -0.25) is 10.1 Å². The Morgan fingerprint density at radius 3 is 2.53 bits per heavy atom. The van der Waals surface area contributed by atoms with Gasteiger partial charge >= 0.3 is 5.97 Å². The van der Waals surface area contributed by atoms with Gasteiger partial charge in [-0.25, -0.2) is 0 Å². The standard InChI is InChI=1S/C10H13ClN2O2/c11-8-3-1-7(2-4-8)9(10(14)15)13-6-5-12/h1-4,9,13H,5-6,12H2,(H,14,15). The van der Waals surface area contributed by atoms with Crippen molar-refractivity contribution >= 4 is 17.6 Å². The summed E-state index contributed by atoms with van der Waals surface area (Å²) in [6, 6.07) is 5.97. The maximum atomic E-state index is 11.0. The predicted molar refractivity (Wildman–Crippen MR) is 58.9 cm³/mol. The third-order valence-electron chi connectivity index (χ3n) is 1.94. The highest BCUT2D eigenvalue weighted by molar-refractivity contribution is 6.30. The van der Waals surface area contributed by atoms with Crippen LogP contribution in [-0.2, 0) is 4.79 Å². The summed E-state index contributed by atoms with van der Waals surface area (Å²) in [6.07, 6.45) is 0. The number of halogens is 1. The van der Waals surface area contributed by atoms with E-state index in [-0.39, 0.29) is 0 Å². The third kappa shape index (κ3) is 3.51. The molecule has 82 valence electrons. The zero-order valence-corrected chi connectivity index (χ0v) is 8.87. The first kappa shape index (κ1) is 12.0. The molecule has 4 N–H and O–H groups in total. The van der Waals surface area contributed by atoms with Gasteiger partial charge in [0.25, 0.3) is 0 Å². The molecule has 1 aromatic rings. The number of hydrogen-bond acceptors (Lipinski definition) is 3. The van der Waals surface area contributed by atoms with Gasteiger partial charge < -0.3 is 10.8 Å². The van der Waals surface area contributed by atoms with Gasteiger partial charge in [-0.1, -0.05) is 23.7 Å². The molecule has 0 amide bonds. The van der Waals surface area contributed by atoms with E-state index in [1.807, 2.05) is 0 Å². The minimum atomic E-state index is -0.925. The Kier molecular flexibility index (Phi) is 4.55. The molecule has 0 aliphatic rings. The van der Waals surface area contributed by atoms with Crippen molar-refractivity contribution in [3.05, 3.63) is 34.9 Å². The molecule has 15 heavy (non-hydrogen) atoms. The summed E-state index contributed by atoms with van der Waals surface area (Å²) in [5.41, 5.74) is 5.97. The summed E-state index contributed by atoms with van der Waals surface area (Å²) < 4.78 is 0. The summed E-state index contributed by atoms with van der Waals surface area (Å²) in [7, 11) is 0. The van der Waals surface area contributed by atoms with Crippen molar-refractivity contribution in [3.63, 3.8) is 0 Å². The lowest BCUT2D eigenvalue weighted by atomic mass is 10.1. The SMILES string of the molecule is NCCNC(C(=O)O)c1ccc(Cl)cc1.